The van der Waals surface area contributed by atoms with Crippen molar-refractivity contribution in [2.24, 2.45) is 0 Å². The van der Waals surface area contributed by atoms with Gasteiger partial charge in [0.1, 0.15) is 0 Å². The lowest BCUT2D eigenvalue weighted by Gasteiger charge is -2.12. The van der Waals surface area contributed by atoms with Crippen LogP contribution in [0.2, 0.25) is 0 Å². The van der Waals surface area contributed by atoms with Crippen molar-refractivity contribution >= 4 is 0 Å². The minimum atomic E-state index is 1.15. The molecule has 0 aliphatic rings. The third-order valence-electron chi connectivity index (χ3n) is 1.92. The average molecular weight is 141 g/mol. The van der Waals surface area contributed by atoms with Gasteiger partial charge in [0.25, 0.3) is 0 Å². The van der Waals surface area contributed by atoms with Crippen LogP contribution < -0.4 is 0 Å². The first kappa shape index (κ1) is 9.70. The molecule has 1 nitrogen and oxygen atoms in total. The van der Waals surface area contributed by atoms with Crippen molar-refractivity contribution in [3.63, 3.8) is 0 Å². The summed E-state index contributed by atoms with van der Waals surface area (Å²) >= 11 is 0. The van der Waals surface area contributed by atoms with Crippen LogP contribution in [0.5, 0.6) is 0 Å². The number of allylic oxidation sites excluding steroid dienone is 1. The van der Waals surface area contributed by atoms with Gasteiger partial charge in [-0.3, -0.25) is 0 Å². The predicted molar refractivity (Wildman–Crippen MR) is 47.2 cm³/mol. The van der Waals surface area contributed by atoms with E-state index in [0.29, 0.717) is 0 Å². The Morgan fingerprint density at radius 3 is 2.50 bits per heavy atom. The fourth-order valence-electron chi connectivity index (χ4n) is 0.670. The molecule has 10 heavy (non-hydrogen) atoms. The Hall–Kier alpha value is -0.300. The van der Waals surface area contributed by atoms with Gasteiger partial charge < -0.3 is 4.90 Å². The summed E-state index contributed by atoms with van der Waals surface area (Å²) in [6.45, 7) is 8.80. The molecule has 0 fully saturated rings. The smallest absolute Gasteiger partial charge is 0.00153 e. The average Bonchev–Trinajstić information content (AvgIpc) is 1.99. The van der Waals surface area contributed by atoms with E-state index in [2.05, 4.69) is 38.8 Å². The van der Waals surface area contributed by atoms with Crippen molar-refractivity contribution in [3.05, 3.63) is 11.6 Å². The predicted octanol–water partition coefficient (Wildman–Crippen LogP) is 2.29. The number of hydrogen-bond donors (Lipinski definition) is 0. The Morgan fingerprint density at radius 1 is 1.50 bits per heavy atom. The summed E-state index contributed by atoms with van der Waals surface area (Å²) < 4.78 is 0. The molecule has 0 atom stereocenters. The lowest BCUT2D eigenvalue weighted by Crippen LogP contribution is -2.18. The molecular weight excluding hydrogens is 122 g/mol. The molecule has 0 spiro atoms. The largest absolute Gasteiger partial charge is 0.306 e. The molecule has 0 saturated heterocycles. The van der Waals surface area contributed by atoms with Crippen LogP contribution in [0.1, 0.15) is 27.2 Å². The molecule has 0 aromatic rings. The van der Waals surface area contributed by atoms with Crippen LogP contribution in [0.15, 0.2) is 11.6 Å². The molecular formula is C9H19N. The van der Waals surface area contributed by atoms with Crippen LogP contribution >= 0.6 is 0 Å². The van der Waals surface area contributed by atoms with Crippen LogP contribution in [0.25, 0.3) is 0 Å². The molecule has 0 unspecified atom stereocenters. The summed E-state index contributed by atoms with van der Waals surface area (Å²) in [6.07, 6.45) is 3.39. The molecule has 0 N–H and O–H groups in total. The Kier molecular flexibility index (Phi) is 5.32. The minimum absolute atomic E-state index is 1.15. The molecule has 0 aliphatic heterocycles. The lowest BCUT2D eigenvalue weighted by molar-refractivity contribution is 0.357. The van der Waals surface area contributed by atoms with Crippen LogP contribution in [-0.2, 0) is 0 Å². The summed E-state index contributed by atoms with van der Waals surface area (Å²) in [4.78, 5) is 2.33. The Labute approximate surface area is 64.7 Å². The van der Waals surface area contributed by atoms with Gasteiger partial charge in [-0.05, 0) is 33.9 Å². The highest BCUT2D eigenvalue weighted by atomic mass is 15.1. The van der Waals surface area contributed by atoms with Crippen molar-refractivity contribution in [1.29, 1.82) is 0 Å². The highest BCUT2D eigenvalue weighted by Gasteiger charge is 1.93. The van der Waals surface area contributed by atoms with Crippen molar-refractivity contribution in [3.8, 4) is 0 Å². The third kappa shape index (κ3) is 4.57. The van der Waals surface area contributed by atoms with E-state index in [1.54, 1.807) is 0 Å². The maximum absolute atomic E-state index is 2.33. The standard InChI is InChI=1S/C9H19N/c1-5-9(3)7-8-10(4)6-2/h5H,6-8H2,1-4H3. The highest BCUT2D eigenvalue weighted by Crippen LogP contribution is 1.99. The normalized spacial score (nSPS) is 12.7. The summed E-state index contributed by atoms with van der Waals surface area (Å²) in [7, 11) is 2.16. The molecule has 0 rings (SSSR count). The molecule has 60 valence electrons. The van der Waals surface area contributed by atoms with E-state index in [1.165, 1.54) is 18.5 Å². The zero-order valence-electron chi connectivity index (χ0n) is 7.65. The molecule has 0 radical (unpaired) electrons. The van der Waals surface area contributed by atoms with Gasteiger partial charge >= 0.3 is 0 Å². The molecule has 0 aromatic carbocycles. The van der Waals surface area contributed by atoms with E-state index in [1.807, 2.05) is 0 Å². The minimum Gasteiger partial charge on any atom is -0.306 e. The maximum atomic E-state index is 2.33. The van der Waals surface area contributed by atoms with Crippen molar-refractivity contribution in [1.82, 2.24) is 4.90 Å². The first-order valence-electron chi connectivity index (χ1n) is 4.01. The Morgan fingerprint density at radius 2 is 2.10 bits per heavy atom. The second-order valence-electron chi connectivity index (χ2n) is 2.78. The van der Waals surface area contributed by atoms with E-state index in [-0.39, 0.29) is 0 Å². The fraction of sp³-hybridized carbons (Fsp3) is 0.778. The quantitative estimate of drug-likeness (QED) is 0.543. The molecule has 0 heterocycles. The van der Waals surface area contributed by atoms with Crippen molar-refractivity contribution < 1.29 is 0 Å². The first-order valence-corrected chi connectivity index (χ1v) is 4.01. The molecule has 0 saturated carbocycles. The van der Waals surface area contributed by atoms with E-state index in [9.17, 15) is 0 Å². The van der Waals surface area contributed by atoms with Gasteiger partial charge in [0.05, 0.1) is 0 Å². The van der Waals surface area contributed by atoms with Gasteiger partial charge in [0, 0.05) is 6.54 Å². The van der Waals surface area contributed by atoms with Gasteiger partial charge in [0.15, 0.2) is 0 Å². The van der Waals surface area contributed by atoms with Gasteiger partial charge in [-0.2, -0.15) is 0 Å². The van der Waals surface area contributed by atoms with Crippen molar-refractivity contribution in [2.75, 3.05) is 20.1 Å². The van der Waals surface area contributed by atoms with Crippen LogP contribution in [0.3, 0.4) is 0 Å². The molecule has 1 heteroatoms. The topological polar surface area (TPSA) is 3.24 Å². The monoisotopic (exact) mass is 141 g/mol. The van der Waals surface area contributed by atoms with Crippen LogP contribution in [-0.4, -0.2) is 25.0 Å². The SMILES string of the molecule is CC=C(C)CCN(C)CC. The van der Waals surface area contributed by atoms with Crippen LogP contribution in [0.4, 0.5) is 0 Å². The van der Waals surface area contributed by atoms with E-state index in [4.69, 9.17) is 0 Å². The van der Waals surface area contributed by atoms with Gasteiger partial charge in [-0.1, -0.05) is 18.6 Å². The van der Waals surface area contributed by atoms with Crippen LogP contribution in [0, 0.1) is 0 Å². The van der Waals surface area contributed by atoms with E-state index >= 15 is 0 Å². The number of nitrogens with zero attached hydrogens (tertiary/aromatic N) is 1. The number of hydrogen-bond acceptors (Lipinski definition) is 1. The van der Waals surface area contributed by atoms with Crippen molar-refractivity contribution in [2.45, 2.75) is 27.2 Å². The Bertz CT molecular complexity index is 105. The van der Waals surface area contributed by atoms with Gasteiger partial charge in [-0.15, -0.1) is 0 Å². The van der Waals surface area contributed by atoms with Gasteiger partial charge in [-0.25, -0.2) is 0 Å². The number of rotatable bonds is 4. The second kappa shape index (κ2) is 5.48. The second-order valence-corrected chi connectivity index (χ2v) is 2.78. The summed E-state index contributed by atoms with van der Waals surface area (Å²) in [5, 5.41) is 0. The molecule has 0 aliphatic carbocycles. The maximum Gasteiger partial charge on any atom is 0.00153 e. The summed E-state index contributed by atoms with van der Waals surface area (Å²) in [6, 6.07) is 0. The summed E-state index contributed by atoms with van der Waals surface area (Å²) in [5.74, 6) is 0. The zero-order valence-corrected chi connectivity index (χ0v) is 7.65. The first-order chi connectivity index (χ1) is 4.70. The zero-order chi connectivity index (χ0) is 7.98. The Balaban J connectivity index is 3.35. The highest BCUT2D eigenvalue weighted by molar-refractivity contribution is 4.95. The molecule has 0 amide bonds. The van der Waals surface area contributed by atoms with E-state index < -0.39 is 0 Å². The third-order valence-corrected chi connectivity index (χ3v) is 1.92. The lowest BCUT2D eigenvalue weighted by atomic mass is 10.2. The molecule has 0 aromatic heterocycles. The fourth-order valence-corrected chi connectivity index (χ4v) is 0.670. The molecule has 0 bridgehead atoms. The van der Waals surface area contributed by atoms with Gasteiger partial charge in [0.2, 0.25) is 0 Å². The summed E-state index contributed by atoms with van der Waals surface area (Å²) in [5.41, 5.74) is 1.49. The van der Waals surface area contributed by atoms with E-state index in [0.717, 1.165) is 6.54 Å².